The van der Waals surface area contributed by atoms with Crippen molar-refractivity contribution in [1.29, 1.82) is 0 Å². The number of benzene rings is 1. The number of carbonyl (C=O) groups is 1. The second-order valence-electron chi connectivity index (χ2n) is 7.04. The lowest BCUT2D eigenvalue weighted by molar-refractivity contribution is -0.148. The van der Waals surface area contributed by atoms with E-state index in [0.717, 1.165) is 0 Å². The molecule has 1 aromatic heterocycles. The molecule has 0 bridgehead atoms. The van der Waals surface area contributed by atoms with Gasteiger partial charge in [-0.1, -0.05) is 0 Å². The van der Waals surface area contributed by atoms with Crippen molar-refractivity contribution in [1.82, 2.24) is 9.97 Å². The third-order valence-corrected chi connectivity index (χ3v) is 5.24. The molecule has 0 spiro atoms. The van der Waals surface area contributed by atoms with Gasteiger partial charge in [-0.05, 0) is 24.9 Å². The zero-order valence-corrected chi connectivity index (χ0v) is 18.6. The molecule has 172 valence electrons. The Hall–Kier alpha value is -3.63. The van der Waals surface area contributed by atoms with E-state index >= 15 is 0 Å². The molecule has 0 saturated carbocycles. The Bertz CT molecular complexity index is 937. The van der Waals surface area contributed by atoms with Crippen molar-refractivity contribution in [3.63, 3.8) is 0 Å². The number of esters is 1. The third-order valence-electron chi connectivity index (χ3n) is 5.24. The Balaban J connectivity index is 1.84. The molecule has 32 heavy (non-hydrogen) atoms. The van der Waals surface area contributed by atoms with E-state index in [1.807, 2.05) is 4.90 Å². The number of hydrogen-bond donors (Lipinski definition) is 1. The molecule has 0 unspecified atom stereocenters. The van der Waals surface area contributed by atoms with Crippen molar-refractivity contribution in [2.45, 2.75) is 19.8 Å². The average Bonchev–Trinajstić information content (AvgIpc) is 2.83. The maximum Gasteiger partial charge on any atom is 0.309 e. The molecule has 3 rings (SSSR count). The molecule has 2 aromatic rings. The van der Waals surface area contributed by atoms with Crippen LogP contribution in [0.25, 0.3) is 0 Å². The van der Waals surface area contributed by atoms with Crippen molar-refractivity contribution < 1.29 is 23.7 Å². The third kappa shape index (κ3) is 4.82. The van der Waals surface area contributed by atoms with Gasteiger partial charge >= 0.3 is 5.97 Å². The summed E-state index contributed by atoms with van der Waals surface area (Å²) in [6, 6.07) is 3.39. The van der Waals surface area contributed by atoms with Crippen LogP contribution in [0.3, 0.4) is 0 Å². The maximum atomic E-state index is 12.0. The second kappa shape index (κ2) is 10.6. The monoisotopic (exact) mass is 445 g/mol. The van der Waals surface area contributed by atoms with Crippen LogP contribution in [0.4, 0.5) is 23.0 Å². The zero-order valence-electron chi connectivity index (χ0n) is 18.6. The average molecular weight is 445 g/mol. The minimum absolute atomic E-state index is 0.0795. The number of nitrogens with zero attached hydrogens (tertiary/aromatic N) is 4. The molecule has 0 amide bonds. The van der Waals surface area contributed by atoms with Gasteiger partial charge in [-0.3, -0.25) is 4.79 Å². The van der Waals surface area contributed by atoms with Gasteiger partial charge in [0.2, 0.25) is 5.75 Å². The van der Waals surface area contributed by atoms with Crippen LogP contribution in [0.1, 0.15) is 19.8 Å². The fourth-order valence-electron chi connectivity index (χ4n) is 3.65. The predicted molar refractivity (Wildman–Crippen MR) is 118 cm³/mol. The fraction of sp³-hybridized carbons (Fsp3) is 0.476. The van der Waals surface area contributed by atoms with Crippen LogP contribution >= 0.6 is 0 Å². The number of hydrogen-bond acceptors (Lipinski definition) is 11. The van der Waals surface area contributed by atoms with Crippen molar-refractivity contribution in [3.05, 3.63) is 23.4 Å². The minimum Gasteiger partial charge on any atom is -0.493 e. The Morgan fingerprint density at radius 1 is 1.12 bits per heavy atom. The summed E-state index contributed by atoms with van der Waals surface area (Å²) in [6.07, 6.45) is 2.58. The Kier molecular flexibility index (Phi) is 7.63. The largest absolute Gasteiger partial charge is 0.493 e. The van der Waals surface area contributed by atoms with Gasteiger partial charge in [-0.15, -0.1) is 4.91 Å². The number of nitroso groups, excluding NO2 is 1. The smallest absolute Gasteiger partial charge is 0.309 e. The lowest BCUT2D eigenvalue weighted by Gasteiger charge is -2.32. The quantitative estimate of drug-likeness (QED) is 0.453. The van der Waals surface area contributed by atoms with Crippen LogP contribution < -0.4 is 24.4 Å². The van der Waals surface area contributed by atoms with E-state index in [4.69, 9.17) is 18.9 Å². The predicted octanol–water partition coefficient (Wildman–Crippen LogP) is 3.42. The summed E-state index contributed by atoms with van der Waals surface area (Å²) in [4.78, 5) is 34.1. The van der Waals surface area contributed by atoms with E-state index in [2.05, 4.69) is 20.5 Å². The van der Waals surface area contributed by atoms with Gasteiger partial charge in [0.1, 0.15) is 6.33 Å². The van der Waals surface area contributed by atoms with Gasteiger partial charge in [-0.25, -0.2) is 9.97 Å². The van der Waals surface area contributed by atoms with Gasteiger partial charge in [0.15, 0.2) is 28.8 Å². The first-order valence-electron chi connectivity index (χ1n) is 10.2. The number of carbonyl (C=O) groups excluding carboxylic acids is 1. The van der Waals surface area contributed by atoms with Crippen molar-refractivity contribution in [3.8, 4) is 17.2 Å². The summed E-state index contributed by atoms with van der Waals surface area (Å²) < 4.78 is 21.2. The van der Waals surface area contributed by atoms with Crippen LogP contribution in [0, 0.1) is 10.8 Å². The van der Waals surface area contributed by atoms with Gasteiger partial charge in [0.25, 0.3) is 0 Å². The molecule has 1 N–H and O–H groups in total. The highest BCUT2D eigenvalue weighted by molar-refractivity contribution is 5.79. The Morgan fingerprint density at radius 2 is 1.78 bits per heavy atom. The minimum atomic E-state index is -0.187. The summed E-state index contributed by atoms with van der Waals surface area (Å²) >= 11 is 0. The van der Waals surface area contributed by atoms with Gasteiger partial charge in [-0.2, -0.15) is 0 Å². The van der Waals surface area contributed by atoms with Crippen LogP contribution in [0.2, 0.25) is 0 Å². The molecule has 11 nitrogen and oxygen atoms in total. The molecule has 1 fully saturated rings. The van der Waals surface area contributed by atoms with Crippen LogP contribution in [0.5, 0.6) is 17.2 Å². The molecule has 1 aliphatic heterocycles. The number of anilines is 3. The van der Waals surface area contributed by atoms with Crippen molar-refractivity contribution in [2.75, 3.05) is 51.2 Å². The van der Waals surface area contributed by atoms with Gasteiger partial charge in [0, 0.05) is 30.9 Å². The highest BCUT2D eigenvalue weighted by atomic mass is 16.5. The van der Waals surface area contributed by atoms with Gasteiger partial charge in [0.05, 0.1) is 33.9 Å². The van der Waals surface area contributed by atoms with Crippen molar-refractivity contribution >= 4 is 29.0 Å². The summed E-state index contributed by atoms with van der Waals surface area (Å²) in [5, 5.41) is 6.27. The molecular weight excluding hydrogens is 418 g/mol. The zero-order chi connectivity index (χ0) is 23.1. The first-order valence-corrected chi connectivity index (χ1v) is 10.2. The van der Waals surface area contributed by atoms with E-state index in [1.165, 1.54) is 27.7 Å². The van der Waals surface area contributed by atoms with E-state index in [1.54, 1.807) is 19.1 Å². The fourth-order valence-corrected chi connectivity index (χ4v) is 3.65. The molecule has 0 atom stereocenters. The standard InChI is InChI=1S/C21H27N5O6/c1-5-32-21(27)13-6-8-26(9-7-13)20-17(25-28)19(22-12-23-20)24-14-10-15(29-2)18(31-4)16(11-14)30-3/h10-13H,5-9H2,1-4H3,(H,22,23,24). The van der Waals surface area contributed by atoms with E-state index in [9.17, 15) is 9.70 Å². The number of piperidine rings is 1. The number of methoxy groups -OCH3 is 3. The molecule has 1 aliphatic rings. The Morgan fingerprint density at radius 3 is 2.31 bits per heavy atom. The van der Waals surface area contributed by atoms with Gasteiger partial charge < -0.3 is 29.2 Å². The Labute approximate surface area is 186 Å². The SMILES string of the molecule is CCOC(=O)C1CCN(c2ncnc(Nc3cc(OC)c(OC)c(OC)c3)c2N=O)CC1. The lowest BCUT2D eigenvalue weighted by Crippen LogP contribution is -2.37. The highest BCUT2D eigenvalue weighted by Gasteiger charge is 2.29. The van der Waals surface area contributed by atoms with E-state index < -0.39 is 0 Å². The van der Waals surface area contributed by atoms with E-state index in [-0.39, 0.29) is 23.4 Å². The molecule has 1 aromatic carbocycles. The summed E-state index contributed by atoms with van der Waals surface area (Å²) in [7, 11) is 4.55. The number of aromatic nitrogens is 2. The molecule has 1 saturated heterocycles. The molecule has 2 heterocycles. The first-order chi connectivity index (χ1) is 15.6. The molecule has 0 aliphatic carbocycles. The second-order valence-corrected chi connectivity index (χ2v) is 7.04. The summed E-state index contributed by atoms with van der Waals surface area (Å²) in [5.74, 6) is 1.66. The van der Waals surface area contributed by atoms with Crippen LogP contribution in [0.15, 0.2) is 23.6 Å². The first kappa shape index (κ1) is 23.0. The topological polar surface area (TPSA) is 124 Å². The number of rotatable bonds is 9. The summed E-state index contributed by atoms with van der Waals surface area (Å²) in [5.41, 5.74) is 0.644. The summed E-state index contributed by atoms with van der Waals surface area (Å²) in [6.45, 7) is 3.25. The molecular formula is C21H27N5O6. The van der Waals surface area contributed by atoms with Crippen molar-refractivity contribution in [2.24, 2.45) is 11.1 Å². The molecule has 0 radical (unpaired) electrons. The maximum absolute atomic E-state index is 12.0. The highest BCUT2D eigenvalue weighted by Crippen LogP contribution is 2.42. The number of nitrogens with one attached hydrogen (secondary N) is 1. The van der Waals surface area contributed by atoms with Crippen LogP contribution in [-0.4, -0.2) is 57.0 Å². The van der Waals surface area contributed by atoms with E-state index in [0.29, 0.717) is 61.3 Å². The van der Waals surface area contributed by atoms with Crippen LogP contribution in [-0.2, 0) is 9.53 Å². The lowest BCUT2D eigenvalue weighted by atomic mass is 9.97. The molecule has 11 heteroatoms. The number of ether oxygens (including phenoxy) is 4. The normalized spacial score (nSPS) is 13.9.